The van der Waals surface area contributed by atoms with Crippen molar-refractivity contribution in [3.05, 3.63) is 36.0 Å². The van der Waals surface area contributed by atoms with Gasteiger partial charge in [-0.3, -0.25) is 4.79 Å². The summed E-state index contributed by atoms with van der Waals surface area (Å²) in [4.78, 5) is 15.2. The maximum absolute atomic E-state index is 12.0. The van der Waals surface area contributed by atoms with Crippen molar-refractivity contribution in [2.45, 2.75) is 6.42 Å². The van der Waals surface area contributed by atoms with Crippen molar-refractivity contribution >= 4 is 16.8 Å². The summed E-state index contributed by atoms with van der Waals surface area (Å²) < 4.78 is 0. The minimum atomic E-state index is -0.0156. The van der Waals surface area contributed by atoms with E-state index in [0.717, 1.165) is 37.0 Å². The predicted octanol–water partition coefficient (Wildman–Crippen LogP) is 1.51. The number of amides is 1. The van der Waals surface area contributed by atoms with Crippen molar-refractivity contribution in [1.82, 2.24) is 15.6 Å². The molecular formula is C14H17N3O. The monoisotopic (exact) mass is 243 g/mol. The first-order valence-electron chi connectivity index (χ1n) is 6.39. The fourth-order valence-corrected chi connectivity index (χ4v) is 2.42. The van der Waals surface area contributed by atoms with Crippen LogP contribution in [0.3, 0.4) is 0 Å². The predicted molar refractivity (Wildman–Crippen MR) is 71.6 cm³/mol. The van der Waals surface area contributed by atoms with Crippen LogP contribution in [0.5, 0.6) is 0 Å². The number of hydrogen-bond donors (Lipinski definition) is 3. The molecule has 0 spiro atoms. The Kier molecular flexibility index (Phi) is 3.02. The Morgan fingerprint density at radius 2 is 2.28 bits per heavy atom. The number of para-hydroxylation sites is 1. The van der Waals surface area contributed by atoms with E-state index in [1.54, 1.807) is 0 Å². The van der Waals surface area contributed by atoms with Crippen LogP contribution in [-0.4, -0.2) is 30.5 Å². The molecule has 0 saturated carbocycles. The van der Waals surface area contributed by atoms with Crippen molar-refractivity contribution in [2.75, 3.05) is 19.6 Å². The summed E-state index contributed by atoms with van der Waals surface area (Å²) in [6.45, 7) is 2.82. The second-order valence-electron chi connectivity index (χ2n) is 4.84. The van der Waals surface area contributed by atoms with Gasteiger partial charge in [0.25, 0.3) is 5.91 Å². The fraction of sp³-hybridized carbons (Fsp3) is 0.357. The lowest BCUT2D eigenvalue weighted by Crippen LogP contribution is -2.30. The number of rotatable bonds is 3. The zero-order valence-corrected chi connectivity index (χ0v) is 10.2. The van der Waals surface area contributed by atoms with Crippen molar-refractivity contribution in [3.63, 3.8) is 0 Å². The molecule has 2 aromatic rings. The highest BCUT2D eigenvalue weighted by Crippen LogP contribution is 2.14. The Morgan fingerprint density at radius 1 is 1.39 bits per heavy atom. The number of fused-ring (bicyclic) bond motifs is 1. The first kappa shape index (κ1) is 11.3. The van der Waals surface area contributed by atoms with Crippen LogP contribution in [0.1, 0.15) is 16.9 Å². The Hall–Kier alpha value is -1.81. The lowest BCUT2D eigenvalue weighted by atomic mass is 10.1. The van der Waals surface area contributed by atoms with Gasteiger partial charge in [0.15, 0.2) is 0 Å². The van der Waals surface area contributed by atoms with Gasteiger partial charge in [0.05, 0.1) is 0 Å². The molecule has 0 aliphatic carbocycles. The van der Waals surface area contributed by atoms with E-state index in [-0.39, 0.29) is 5.91 Å². The molecule has 4 heteroatoms. The third kappa shape index (κ3) is 2.24. The van der Waals surface area contributed by atoms with Gasteiger partial charge in [0.2, 0.25) is 0 Å². The van der Waals surface area contributed by atoms with Gasteiger partial charge in [-0.2, -0.15) is 0 Å². The molecule has 3 rings (SSSR count). The standard InChI is InChI=1S/C14H17N3O/c18-14(16-9-10-5-6-15-8-10)13-7-11-3-1-2-4-12(11)17-13/h1-4,7,10,15,17H,5-6,8-9H2,(H,16,18). The molecule has 4 nitrogen and oxygen atoms in total. The summed E-state index contributed by atoms with van der Waals surface area (Å²) in [5.41, 5.74) is 1.65. The van der Waals surface area contributed by atoms with Gasteiger partial charge in [0.1, 0.15) is 5.69 Å². The molecule has 18 heavy (non-hydrogen) atoms. The van der Waals surface area contributed by atoms with E-state index in [1.807, 2.05) is 30.3 Å². The average Bonchev–Trinajstić information content (AvgIpc) is 3.04. The van der Waals surface area contributed by atoms with Gasteiger partial charge >= 0.3 is 0 Å². The van der Waals surface area contributed by atoms with Crippen molar-refractivity contribution in [1.29, 1.82) is 0 Å². The SMILES string of the molecule is O=C(NCC1CCNC1)c1cc2ccccc2[nH]1. The number of aromatic nitrogens is 1. The molecule has 1 aromatic carbocycles. The smallest absolute Gasteiger partial charge is 0.267 e. The van der Waals surface area contributed by atoms with Crippen LogP contribution < -0.4 is 10.6 Å². The lowest BCUT2D eigenvalue weighted by Gasteiger charge is -2.08. The molecule has 2 heterocycles. The quantitative estimate of drug-likeness (QED) is 0.765. The molecule has 0 radical (unpaired) electrons. The largest absolute Gasteiger partial charge is 0.351 e. The number of aromatic amines is 1. The summed E-state index contributed by atoms with van der Waals surface area (Å²) in [6.07, 6.45) is 1.15. The Labute approximate surface area is 106 Å². The van der Waals surface area contributed by atoms with Crippen LogP contribution >= 0.6 is 0 Å². The van der Waals surface area contributed by atoms with Gasteiger partial charge < -0.3 is 15.6 Å². The second kappa shape index (κ2) is 4.82. The first-order chi connectivity index (χ1) is 8.83. The van der Waals surface area contributed by atoms with E-state index in [0.29, 0.717) is 11.6 Å². The zero-order valence-electron chi connectivity index (χ0n) is 10.2. The van der Waals surface area contributed by atoms with Gasteiger partial charge in [-0.05, 0) is 37.6 Å². The highest BCUT2D eigenvalue weighted by molar-refractivity contribution is 5.97. The lowest BCUT2D eigenvalue weighted by molar-refractivity contribution is 0.0944. The van der Waals surface area contributed by atoms with Crippen molar-refractivity contribution in [2.24, 2.45) is 5.92 Å². The summed E-state index contributed by atoms with van der Waals surface area (Å²) in [7, 11) is 0. The van der Waals surface area contributed by atoms with Crippen LogP contribution in [-0.2, 0) is 0 Å². The molecule has 1 aromatic heterocycles. The molecule has 1 unspecified atom stereocenters. The minimum Gasteiger partial charge on any atom is -0.351 e. The summed E-state index contributed by atoms with van der Waals surface area (Å²) in [6, 6.07) is 9.82. The van der Waals surface area contributed by atoms with Crippen molar-refractivity contribution in [3.8, 4) is 0 Å². The third-order valence-corrected chi connectivity index (χ3v) is 3.49. The number of carbonyl (C=O) groups excluding carboxylic acids is 1. The van der Waals surface area contributed by atoms with Crippen molar-refractivity contribution < 1.29 is 4.79 Å². The maximum Gasteiger partial charge on any atom is 0.267 e. The van der Waals surface area contributed by atoms with Crippen LogP contribution in [0.4, 0.5) is 0 Å². The molecule has 1 atom stereocenters. The first-order valence-corrected chi connectivity index (χ1v) is 6.39. The van der Waals surface area contributed by atoms with E-state index in [2.05, 4.69) is 15.6 Å². The maximum atomic E-state index is 12.0. The number of H-pyrrole nitrogens is 1. The van der Waals surface area contributed by atoms with Gasteiger partial charge in [-0.15, -0.1) is 0 Å². The topological polar surface area (TPSA) is 56.9 Å². The van der Waals surface area contributed by atoms with E-state index >= 15 is 0 Å². The summed E-state index contributed by atoms with van der Waals surface area (Å²) in [5.74, 6) is 0.552. The van der Waals surface area contributed by atoms with E-state index in [9.17, 15) is 4.79 Å². The Balaban J connectivity index is 1.67. The van der Waals surface area contributed by atoms with E-state index in [1.165, 1.54) is 0 Å². The zero-order chi connectivity index (χ0) is 12.4. The van der Waals surface area contributed by atoms with E-state index < -0.39 is 0 Å². The summed E-state index contributed by atoms with van der Waals surface area (Å²) >= 11 is 0. The molecule has 94 valence electrons. The number of benzene rings is 1. The third-order valence-electron chi connectivity index (χ3n) is 3.49. The molecule has 1 saturated heterocycles. The van der Waals surface area contributed by atoms with Crippen LogP contribution in [0.25, 0.3) is 10.9 Å². The molecule has 1 fully saturated rings. The Morgan fingerprint density at radius 3 is 3.06 bits per heavy atom. The van der Waals surface area contributed by atoms with Gasteiger partial charge in [0, 0.05) is 17.4 Å². The normalized spacial score (nSPS) is 19.2. The number of hydrogen-bond acceptors (Lipinski definition) is 2. The molecule has 1 aliphatic heterocycles. The number of carbonyl (C=O) groups is 1. The van der Waals surface area contributed by atoms with Gasteiger partial charge in [-0.25, -0.2) is 0 Å². The van der Waals surface area contributed by atoms with Crippen LogP contribution in [0.15, 0.2) is 30.3 Å². The fourth-order valence-electron chi connectivity index (χ4n) is 2.42. The van der Waals surface area contributed by atoms with Gasteiger partial charge in [-0.1, -0.05) is 18.2 Å². The highest BCUT2D eigenvalue weighted by atomic mass is 16.1. The average molecular weight is 243 g/mol. The molecule has 0 bridgehead atoms. The van der Waals surface area contributed by atoms with Crippen LogP contribution in [0, 0.1) is 5.92 Å². The summed E-state index contributed by atoms with van der Waals surface area (Å²) in [5, 5.41) is 7.36. The molecule has 3 N–H and O–H groups in total. The Bertz CT molecular complexity index is 522. The molecule has 1 aliphatic rings. The number of nitrogens with one attached hydrogen (secondary N) is 3. The molecular weight excluding hydrogens is 226 g/mol. The van der Waals surface area contributed by atoms with E-state index in [4.69, 9.17) is 0 Å². The second-order valence-corrected chi connectivity index (χ2v) is 4.84. The molecule has 1 amide bonds. The van der Waals surface area contributed by atoms with Crippen LogP contribution in [0.2, 0.25) is 0 Å². The highest BCUT2D eigenvalue weighted by Gasteiger charge is 2.16. The minimum absolute atomic E-state index is 0.0156.